The van der Waals surface area contributed by atoms with Crippen LogP contribution in [-0.4, -0.2) is 33.0 Å². The second kappa shape index (κ2) is 12.0. The second-order valence-electron chi connectivity index (χ2n) is 8.78. The van der Waals surface area contributed by atoms with Gasteiger partial charge in [-0.05, 0) is 57.0 Å². The normalized spacial score (nSPS) is 14.9. The van der Waals surface area contributed by atoms with Crippen LogP contribution in [-0.2, 0) is 4.79 Å². The van der Waals surface area contributed by atoms with Gasteiger partial charge in [0.2, 0.25) is 11.1 Å². The van der Waals surface area contributed by atoms with Crippen LogP contribution in [0.3, 0.4) is 0 Å². The van der Waals surface area contributed by atoms with Crippen molar-refractivity contribution in [1.29, 1.82) is 0 Å². The van der Waals surface area contributed by atoms with Crippen LogP contribution in [0.5, 0.6) is 5.75 Å². The Kier molecular flexibility index (Phi) is 8.74. The first-order chi connectivity index (χ1) is 17.4. The van der Waals surface area contributed by atoms with E-state index < -0.39 is 6.04 Å². The van der Waals surface area contributed by atoms with Gasteiger partial charge in [0.25, 0.3) is 5.91 Å². The van der Waals surface area contributed by atoms with Gasteiger partial charge in [-0.15, -0.1) is 5.10 Å². The lowest BCUT2D eigenvalue weighted by Gasteiger charge is -2.30. The molecule has 7 nitrogen and oxygen atoms in total. The lowest BCUT2D eigenvalue weighted by Crippen LogP contribution is -2.31. The zero-order valence-electron chi connectivity index (χ0n) is 21.1. The van der Waals surface area contributed by atoms with Crippen molar-refractivity contribution in [2.45, 2.75) is 58.2 Å². The molecule has 1 aliphatic heterocycles. The maximum Gasteiger partial charge on any atom is 0.255 e. The van der Waals surface area contributed by atoms with Crippen molar-refractivity contribution < 1.29 is 9.53 Å². The number of benzene rings is 2. The number of hydrogen-bond acceptors (Lipinski definition) is 6. The number of hydrogen-bond donors (Lipinski definition) is 2. The Labute approximate surface area is 225 Å². The smallest absolute Gasteiger partial charge is 0.255 e. The highest BCUT2D eigenvalue weighted by Crippen LogP contribution is 2.41. The zero-order chi connectivity index (χ0) is 25.7. The van der Waals surface area contributed by atoms with E-state index in [1.807, 2.05) is 61.0 Å². The number of rotatable bonds is 10. The topological polar surface area (TPSA) is 81.1 Å². The highest BCUT2D eigenvalue weighted by molar-refractivity contribution is 9.10. The summed E-state index contributed by atoms with van der Waals surface area (Å²) in [6.45, 7) is 8.79. The van der Waals surface area contributed by atoms with Crippen molar-refractivity contribution in [3.05, 3.63) is 69.3 Å². The van der Waals surface area contributed by atoms with Gasteiger partial charge >= 0.3 is 0 Å². The van der Waals surface area contributed by atoms with Gasteiger partial charge in [0.1, 0.15) is 11.8 Å². The predicted molar refractivity (Wildman–Crippen MR) is 150 cm³/mol. The van der Waals surface area contributed by atoms with E-state index >= 15 is 0 Å². The van der Waals surface area contributed by atoms with Crippen LogP contribution in [0.4, 0.5) is 11.6 Å². The number of halogens is 1. The van der Waals surface area contributed by atoms with Gasteiger partial charge in [0.05, 0.1) is 12.2 Å². The third kappa shape index (κ3) is 5.95. The minimum absolute atomic E-state index is 0.197. The van der Waals surface area contributed by atoms with E-state index in [1.165, 1.54) is 0 Å². The van der Waals surface area contributed by atoms with Crippen molar-refractivity contribution in [3.63, 3.8) is 0 Å². The maximum absolute atomic E-state index is 13.8. The summed E-state index contributed by atoms with van der Waals surface area (Å²) < 4.78 is 8.91. The summed E-state index contributed by atoms with van der Waals surface area (Å²) in [4.78, 5) is 18.5. The molecule has 0 saturated carbocycles. The Morgan fingerprint density at radius 1 is 1.17 bits per heavy atom. The maximum atomic E-state index is 13.8. The molecule has 1 aromatic heterocycles. The van der Waals surface area contributed by atoms with Gasteiger partial charge in [-0.2, -0.15) is 4.98 Å². The Morgan fingerprint density at radius 2 is 1.94 bits per heavy atom. The second-order valence-corrected chi connectivity index (χ2v) is 10.8. The van der Waals surface area contributed by atoms with Gasteiger partial charge in [0, 0.05) is 27.2 Å². The number of amides is 1. The highest BCUT2D eigenvalue weighted by atomic mass is 79.9. The van der Waals surface area contributed by atoms with Crippen LogP contribution in [0.2, 0.25) is 0 Å². The van der Waals surface area contributed by atoms with Gasteiger partial charge < -0.3 is 15.4 Å². The van der Waals surface area contributed by atoms with E-state index in [0.29, 0.717) is 23.3 Å². The first-order valence-corrected chi connectivity index (χ1v) is 14.1. The molecule has 3 aromatic rings. The molecule has 2 N–H and O–H groups in total. The molecule has 36 heavy (non-hydrogen) atoms. The molecule has 1 aliphatic rings. The molecule has 2 heterocycles. The number of carbonyl (C=O) groups is 1. The van der Waals surface area contributed by atoms with Crippen molar-refractivity contribution in [1.82, 2.24) is 14.8 Å². The number of nitrogens with zero attached hydrogens (tertiary/aromatic N) is 3. The third-order valence-corrected chi connectivity index (χ3v) is 7.38. The number of nitrogens with one attached hydrogen (secondary N) is 2. The fourth-order valence-corrected chi connectivity index (χ4v) is 5.06. The summed E-state index contributed by atoms with van der Waals surface area (Å²) in [7, 11) is 0. The summed E-state index contributed by atoms with van der Waals surface area (Å²) >= 11 is 5.23. The molecule has 2 aromatic carbocycles. The van der Waals surface area contributed by atoms with Crippen LogP contribution in [0.25, 0.3) is 0 Å². The van der Waals surface area contributed by atoms with Crippen molar-refractivity contribution >= 4 is 45.2 Å². The molecular formula is C27H32BrN5O2S. The number of aryl methyl sites for hydroxylation is 1. The van der Waals surface area contributed by atoms with E-state index in [-0.39, 0.29) is 5.91 Å². The lowest BCUT2D eigenvalue weighted by atomic mass is 9.94. The van der Waals surface area contributed by atoms with E-state index in [1.54, 1.807) is 11.8 Å². The molecule has 1 atom stereocenters. The van der Waals surface area contributed by atoms with Crippen LogP contribution in [0.1, 0.15) is 57.2 Å². The minimum Gasteiger partial charge on any atom is -0.493 e. The lowest BCUT2D eigenvalue weighted by molar-refractivity contribution is -0.113. The number of allylic oxidation sites excluding steroid dienone is 1. The standard InChI is InChI=1S/C27H32BrN5O2S/c1-5-7-14-35-22-13-10-19(28)16-21(22)24-23(25(34)30-20-11-8-17(3)9-12-20)18(4)29-26-31-27(32-33(24)26)36-15-6-2/h8-13,16,24H,5-7,14-15H2,1-4H3,(H,30,34)(H,29,31,32). The van der Waals surface area contributed by atoms with Gasteiger partial charge in [-0.3, -0.25) is 4.79 Å². The fourth-order valence-electron chi connectivity index (χ4n) is 3.99. The van der Waals surface area contributed by atoms with E-state index in [4.69, 9.17) is 14.8 Å². The third-order valence-electron chi connectivity index (χ3n) is 5.84. The van der Waals surface area contributed by atoms with Crippen molar-refractivity contribution in [3.8, 4) is 5.75 Å². The average Bonchev–Trinajstić information content (AvgIpc) is 3.26. The molecule has 0 saturated heterocycles. The molecule has 0 aliphatic carbocycles. The fraction of sp³-hybridized carbons (Fsp3) is 0.370. The molecule has 9 heteroatoms. The molecule has 1 amide bonds. The summed E-state index contributed by atoms with van der Waals surface area (Å²) in [6.07, 6.45) is 3.01. The number of carbonyl (C=O) groups excluding carboxylic acids is 1. The Hall–Kier alpha value is -2.78. The van der Waals surface area contributed by atoms with Gasteiger partial charge in [0.15, 0.2) is 0 Å². The minimum atomic E-state index is -0.510. The number of anilines is 2. The largest absolute Gasteiger partial charge is 0.493 e. The zero-order valence-corrected chi connectivity index (χ0v) is 23.5. The Balaban J connectivity index is 1.80. The molecule has 0 fully saturated rings. The quantitative estimate of drug-likeness (QED) is 0.203. The molecule has 0 spiro atoms. The number of ether oxygens (including phenoxy) is 1. The first kappa shape index (κ1) is 26.3. The molecule has 0 bridgehead atoms. The molecular weight excluding hydrogens is 538 g/mol. The van der Waals surface area contributed by atoms with Crippen LogP contribution >= 0.6 is 27.7 Å². The SMILES string of the molecule is CCCCOc1ccc(Br)cc1C1C(C(=O)Nc2ccc(C)cc2)=C(C)Nc2nc(SCCC)nn21. The number of unbranched alkanes of at least 4 members (excludes halogenated alkanes) is 1. The van der Waals surface area contributed by atoms with Crippen LogP contribution in [0.15, 0.2) is 63.4 Å². The van der Waals surface area contributed by atoms with E-state index in [9.17, 15) is 4.79 Å². The summed E-state index contributed by atoms with van der Waals surface area (Å²) in [6, 6.07) is 13.2. The number of fused-ring (bicyclic) bond motifs is 1. The number of thioether (sulfide) groups is 1. The number of aromatic nitrogens is 3. The van der Waals surface area contributed by atoms with Crippen LogP contribution < -0.4 is 15.4 Å². The molecule has 4 rings (SSSR count). The Bertz CT molecular complexity index is 1260. The molecule has 0 radical (unpaired) electrons. The van der Waals surface area contributed by atoms with E-state index in [0.717, 1.165) is 57.7 Å². The van der Waals surface area contributed by atoms with E-state index in [2.05, 4.69) is 40.4 Å². The Morgan fingerprint density at radius 3 is 2.67 bits per heavy atom. The van der Waals surface area contributed by atoms with Gasteiger partial charge in [-0.25, -0.2) is 4.68 Å². The van der Waals surface area contributed by atoms with Gasteiger partial charge in [-0.1, -0.05) is 65.7 Å². The van der Waals surface area contributed by atoms with Crippen molar-refractivity contribution in [2.24, 2.45) is 0 Å². The summed E-state index contributed by atoms with van der Waals surface area (Å²) in [5.74, 6) is 2.07. The highest BCUT2D eigenvalue weighted by Gasteiger charge is 2.36. The van der Waals surface area contributed by atoms with Crippen molar-refractivity contribution in [2.75, 3.05) is 23.0 Å². The molecule has 190 valence electrons. The van der Waals surface area contributed by atoms with Crippen LogP contribution in [0, 0.1) is 6.92 Å². The monoisotopic (exact) mass is 569 g/mol. The summed E-state index contributed by atoms with van der Waals surface area (Å²) in [5.41, 5.74) is 4.03. The first-order valence-electron chi connectivity index (χ1n) is 12.3. The summed E-state index contributed by atoms with van der Waals surface area (Å²) in [5, 5.41) is 11.9. The molecule has 1 unspecified atom stereocenters. The predicted octanol–water partition coefficient (Wildman–Crippen LogP) is 6.96. The average molecular weight is 571 g/mol.